The Bertz CT molecular complexity index is 1080. The van der Waals surface area contributed by atoms with E-state index in [-0.39, 0.29) is 10.6 Å². The minimum Gasteiger partial charge on any atom is -0.497 e. The van der Waals surface area contributed by atoms with Gasteiger partial charge in [0.05, 0.1) is 19.9 Å². The number of hydrogen-bond donors (Lipinski definition) is 2. The van der Waals surface area contributed by atoms with E-state index >= 15 is 0 Å². The van der Waals surface area contributed by atoms with Gasteiger partial charge < -0.3 is 14.8 Å². The quantitative estimate of drug-likeness (QED) is 0.526. The van der Waals surface area contributed by atoms with Gasteiger partial charge in [-0.1, -0.05) is 36.4 Å². The molecule has 0 fully saturated rings. The zero-order chi connectivity index (χ0) is 21.6. The van der Waals surface area contributed by atoms with Gasteiger partial charge in [-0.15, -0.1) is 11.3 Å². The Kier molecular flexibility index (Phi) is 7.09. The summed E-state index contributed by atoms with van der Waals surface area (Å²) < 4.78 is 38.6. The molecule has 158 valence electrons. The third kappa shape index (κ3) is 5.38. The monoisotopic (exact) mass is 446 g/mol. The molecule has 0 bridgehead atoms. The van der Waals surface area contributed by atoms with Crippen LogP contribution in [0.3, 0.4) is 0 Å². The number of anilines is 1. The van der Waals surface area contributed by atoms with E-state index in [0.717, 1.165) is 16.9 Å². The highest BCUT2D eigenvalue weighted by atomic mass is 32.2. The first kappa shape index (κ1) is 21.8. The highest BCUT2D eigenvalue weighted by Gasteiger charge is 2.27. The van der Waals surface area contributed by atoms with Crippen LogP contribution in [0.4, 0.5) is 5.69 Å². The van der Waals surface area contributed by atoms with Crippen LogP contribution < -0.4 is 19.5 Å². The Labute approximate surface area is 179 Å². The molecule has 0 saturated carbocycles. The van der Waals surface area contributed by atoms with E-state index in [1.54, 1.807) is 29.6 Å². The smallest absolute Gasteiger partial charge is 0.250 e. The minimum atomic E-state index is -3.84. The van der Waals surface area contributed by atoms with Crippen LogP contribution >= 0.6 is 11.3 Å². The van der Waals surface area contributed by atoms with Gasteiger partial charge in [-0.25, -0.2) is 8.42 Å². The lowest BCUT2D eigenvalue weighted by Crippen LogP contribution is -2.45. The maximum Gasteiger partial charge on any atom is 0.250 e. The highest BCUT2D eigenvalue weighted by Crippen LogP contribution is 2.29. The van der Waals surface area contributed by atoms with Crippen molar-refractivity contribution in [2.45, 2.75) is 16.7 Å². The molecule has 9 heteroatoms. The van der Waals surface area contributed by atoms with E-state index in [4.69, 9.17) is 9.47 Å². The fourth-order valence-electron chi connectivity index (χ4n) is 2.82. The van der Waals surface area contributed by atoms with Gasteiger partial charge in [-0.05, 0) is 35.6 Å². The predicted octanol–water partition coefficient (Wildman–Crippen LogP) is 3.29. The normalized spacial score (nSPS) is 12.2. The third-order valence-electron chi connectivity index (χ3n) is 4.32. The Morgan fingerprint density at radius 3 is 2.43 bits per heavy atom. The van der Waals surface area contributed by atoms with Crippen molar-refractivity contribution in [3.05, 3.63) is 71.6 Å². The second-order valence-corrected chi connectivity index (χ2v) is 9.24. The number of amides is 1. The van der Waals surface area contributed by atoms with E-state index in [2.05, 4.69) is 10.0 Å². The Hall–Kier alpha value is -2.88. The summed E-state index contributed by atoms with van der Waals surface area (Å²) in [6.45, 7) is 0. The molecule has 1 amide bonds. The number of rotatable bonds is 9. The maximum atomic E-state index is 13.1. The van der Waals surface area contributed by atoms with Crippen LogP contribution in [0.5, 0.6) is 11.5 Å². The molecule has 2 N–H and O–H groups in total. The third-order valence-corrected chi connectivity index (χ3v) is 7.19. The van der Waals surface area contributed by atoms with Gasteiger partial charge in [0, 0.05) is 6.07 Å². The predicted molar refractivity (Wildman–Crippen MR) is 117 cm³/mol. The molecule has 2 aromatic carbocycles. The van der Waals surface area contributed by atoms with Gasteiger partial charge in [0.25, 0.3) is 10.0 Å². The molecule has 0 spiro atoms. The fraction of sp³-hybridized carbons (Fsp3) is 0.190. The molecule has 1 aromatic heterocycles. The molecular formula is C21H22N2O5S2. The number of benzene rings is 2. The number of sulfonamides is 1. The standard InChI is InChI=1S/C21H22N2O5S2/c1-27-16-10-11-17(19(14-16)28-2)22-21(24)18(13-15-7-4-3-5-8-15)23-30(25,26)20-9-6-12-29-20/h3-12,14,18,23H,13H2,1-2H3,(H,22,24)/t18-/m0/s1. The van der Waals surface area contributed by atoms with Crippen molar-refractivity contribution < 1.29 is 22.7 Å². The minimum absolute atomic E-state index is 0.149. The first-order valence-corrected chi connectivity index (χ1v) is 11.4. The number of thiophene rings is 1. The summed E-state index contributed by atoms with van der Waals surface area (Å²) in [5.41, 5.74) is 1.24. The molecule has 3 rings (SSSR count). The van der Waals surface area contributed by atoms with Crippen molar-refractivity contribution in [2.24, 2.45) is 0 Å². The summed E-state index contributed by atoms with van der Waals surface area (Å²) in [4.78, 5) is 13.1. The lowest BCUT2D eigenvalue weighted by atomic mass is 10.1. The Balaban J connectivity index is 1.86. The van der Waals surface area contributed by atoms with E-state index in [9.17, 15) is 13.2 Å². The number of carbonyl (C=O) groups excluding carboxylic acids is 1. The van der Waals surface area contributed by atoms with Gasteiger partial charge in [-0.3, -0.25) is 4.79 Å². The number of nitrogens with one attached hydrogen (secondary N) is 2. The fourth-order valence-corrected chi connectivity index (χ4v) is 5.03. The molecule has 0 radical (unpaired) electrons. The summed E-state index contributed by atoms with van der Waals surface area (Å²) in [7, 11) is -0.836. The van der Waals surface area contributed by atoms with Crippen LogP contribution in [0.15, 0.2) is 70.3 Å². The molecule has 30 heavy (non-hydrogen) atoms. The van der Waals surface area contributed by atoms with Gasteiger partial charge in [0.2, 0.25) is 5.91 Å². The molecule has 0 aliphatic rings. The van der Waals surface area contributed by atoms with Gasteiger partial charge in [0.15, 0.2) is 0 Å². The van der Waals surface area contributed by atoms with Crippen molar-refractivity contribution >= 4 is 33.0 Å². The van der Waals surface area contributed by atoms with Gasteiger partial charge in [-0.2, -0.15) is 4.72 Å². The van der Waals surface area contributed by atoms with Crippen molar-refractivity contribution in [1.82, 2.24) is 4.72 Å². The second kappa shape index (κ2) is 9.75. The van der Waals surface area contributed by atoms with Crippen LogP contribution in [0.1, 0.15) is 5.56 Å². The van der Waals surface area contributed by atoms with E-state index in [1.807, 2.05) is 30.3 Å². The number of ether oxygens (including phenoxy) is 2. The van der Waals surface area contributed by atoms with Gasteiger partial charge in [0.1, 0.15) is 21.8 Å². The highest BCUT2D eigenvalue weighted by molar-refractivity contribution is 7.91. The molecule has 0 unspecified atom stereocenters. The van der Waals surface area contributed by atoms with Crippen LogP contribution in [-0.4, -0.2) is 34.6 Å². The summed E-state index contributed by atoms with van der Waals surface area (Å²) in [5.74, 6) is 0.480. The first-order chi connectivity index (χ1) is 14.4. The molecule has 0 aliphatic carbocycles. The summed E-state index contributed by atoms with van der Waals surface area (Å²) in [6.07, 6.45) is 0.190. The van der Waals surface area contributed by atoms with E-state index < -0.39 is 22.0 Å². The summed E-state index contributed by atoms with van der Waals surface area (Å²) in [5, 5.41) is 4.43. The van der Waals surface area contributed by atoms with E-state index in [0.29, 0.717) is 17.2 Å². The number of methoxy groups -OCH3 is 2. The molecule has 0 aliphatic heterocycles. The van der Waals surface area contributed by atoms with Crippen LogP contribution in [-0.2, 0) is 21.2 Å². The van der Waals surface area contributed by atoms with Crippen LogP contribution in [0, 0.1) is 0 Å². The molecule has 1 atom stereocenters. The summed E-state index contributed by atoms with van der Waals surface area (Å²) >= 11 is 1.09. The average Bonchev–Trinajstić information content (AvgIpc) is 3.30. The Morgan fingerprint density at radius 1 is 1.03 bits per heavy atom. The second-order valence-electron chi connectivity index (χ2n) is 6.35. The number of hydrogen-bond acceptors (Lipinski definition) is 6. The van der Waals surface area contributed by atoms with Crippen molar-refractivity contribution in [3.8, 4) is 11.5 Å². The number of carbonyl (C=O) groups is 1. The van der Waals surface area contributed by atoms with Gasteiger partial charge >= 0.3 is 0 Å². The molecule has 7 nitrogen and oxygen atoms in total. The topological polar surface area (TPSA) is 93.7 Å². The average molecular weight is 447 g/mol. The molecule has 3 aromatic rings. The van der Waals surface area contributed by atoms with Crippen molar-refractivity contribution in [2.75, 3.05) is 19.5 Å². The van der Waals surface area contributed by atoms with Crippen LogP contribution in [0.25, 0.3) is 0 Å². The SMILES string of the molecule is COc1ccc(NC(=O)[C@H](Cc2ccccc2)NS(=O)(=O)c2cccs2)c(OC)c1. The first-order valence-electron chi connectivity index (χ1n) is 9.05. The Morgan fingerprint density at radius 2 is 1.80 bits per heavy atom. The van der Waals surface area contributed by atoms with E-state index in [1.165, 1.54) is 20.3 Å². The van der Waals surface area contributed by atoms with Crippen molar-refractivity contribution in [1.29, 1.82) is 0 Å². The zero-order valence-corrected chi connectivity index (χ0v) is 18.1. The zero-order valence-electron chi connectivity index (χ0n) is 16.5. The molecular weight excluding hydrogens is 424 g/mol. The molecule has 0 saturated heterocycles. The summed E-state index contributed by atoms with van der Waals surface area (Å²) in [6, 6.07) is 16.3. The lowest BCUT2D eigenvalue weighted by molar-refractivity contribution is -0.117. The molecule has 1 heterocycles. The van der Waals surface area contributed by atoms with Crippen LogP contribution in [0.2, 0.25) is 0 Å². The largest absolute Gasteiger partial charge is 0.497 e. The maximum absolute atomic E-state index is 13.1. The van der Waals surface area contributed by atoms with Crippen molar-refractivity contribution in [3.63, 3.8) is 0 Å². The lowest BCUT2D eigenvalue weighted by Gasteiger charge is -2.19.